The molecule has 0 spiro atoms. The zero-order valence-electron chi connectivity index (χ0n) is 13.6. The quantitative estimate of drug-likeness (QED) is 0.274. The number of carbonyl (C=O) groups excluding carboxylic acids is 1. The van der Waals surface area contributed by atoms with Crippen LogP contribution in [0, 0.1) is 0 Å². The number of methoxy groups -OCH3 is 1. The maximum Gasteiger partial charge on any atom is 0.343 e. The van der Waals surface area contributed by atoms with Gasteiger partial charge in [0.2, 0.25) is 0 Å². The summed E-state index contributed by atoms with van der Waals surface area (Å²) < 4.78 is 10.7. The molecule has 2 N–H and O–H groups in total. The molecule has 0 atom stereocenters. The van der Waals surface area contributed by atoms with Gasteiger partial charge in [-0.1, -0.05) is 11.6 Å². The predicted molar refractivity (Wildman–Crippen MR) is 102 cm³/mol. The van der Waals surface area contributed by atoms with Crippen LogP contribution in [0.1, 0.15) is 15.9 Å². The first-order chi connectivity index (χ1) is 12.0. The van der Waals surface area contributed by atoms with Crippen molar-refractivity contribution in [1.82, 2.24) is 10.7 Å². The molecule has 0 radical (unpaired) electrons. The zero-order valence-corrected chi connectivity index (χ0v) is 15.1. The van der Waals surface area contributed by atoms with Crippen molar-refractivity contribution in [3.05, 3.63) is 58.6 Å². The molecule has 0 aliphatic rings. The molecule has 0 fully saturated rings. The lowest BCUT2D eigenvalue weighted by Gasteiger charge is -2.10. The Morgan fingerprint density at radius 2 is 1.92 bits per heavy atom. The molecule has 0 saturated carbocycles. The highest BCUT2D eigenvalue weighted by atomic mass is 35.5. The lowest BCUT2D eigenvalue weighted by molar-refractivity contribution is 0.0729. The van der Waals surface area contributed by atoms with Crippen LogP contribution in [0.25, 0.3) is 0 Å². The number of ether oxygens (including phenoxy) is 2. The number of esters is 1. The zero-order chi connectivity index (χ0) is 18.2. The van der Waals surface area contributed by atoms with Crippen LogP contribution in [-0.4, -0.2) is 31.5 Å². The number of hydrogen-bond donors (Lipinski definition) is 2. The fourth-order valence-electron chi connectivity index (χ4n) is 1.81. The van der Waals surface area contributed by atoms with Crippen molar-refractivity contribution in [3.8, 4) is 11.5 Å². The van der Waals surface area contributed by atoms with Crippen molar-refractivity contribution >= 4 is 41.1 Å². The second-order valence-electron chi connectivity index (χ2n) is 4.76. The molecule has 0 aliphatic heterocycles. The summed E-state index contributed by atoms with van der Waals surface area (Å²) in [5.41, 5.74) is 3.78. The molecular formula is C17H16ClN3O3S. The van der Waals surface area contributed by atoms with Gasteiger partial charge in [-0.05, 0) is 60.2 Å². The Morgan fingerprint density at radius 1 is 1.20 bits per heavy atom. The van der Waals surface area contributed by atoms with E-state index in [1.807, 2.05) is 0 Å². The van der Waals surface area contributed by atoms with Gasteiger partial charge in [0.1, 0.15) is 0 Å². The largest absolute Gasteiger partial charge is 0.493 e. The molecule has 0 aromatic heterocycles. The molecule has 2 rings (SSSR count). The molecule has 6 nitrogen and oxygen atoms in total. The first-order valence-electron chi connectivity index (χ1n) is 7.20. The van der Waals surface area contributed by atoms with Crippen LogP contribution >= 0.6 is 23.8 Å². The third-order valence-corrected chi connectivity index (χ3v) is 3.62. The number of thiocarbonyl (C=S) groups is 1. The van der Waals surface area contributed by atoms with Gasteiger partial charge in [0.15, 0.2) is 16.6 Å². The number of carbonyl (C=O) groups is 1. The monoisotopic (exact) mass is 377 g/mol. The average molecular weight is 378 g/mol. The normalized spacial score (nSPS) is 10.4. The number of hydrazone groups is 1. The third-order valence-electron chi connectivity index (χ3n) is 3.08. The van der Waals surface area contributed by atoms with E-state index in [1.165, 1.54) is 7.11 Å². The first kappa shape index (κ1) is 18.7. The third kappa shape index (κ3) is 5.44. The van der Waals surface area contributed by atoms with Crippen molar-refractivity contribution in [2.45, 2.75) is 0 Å². The fourth-order valence-corrected chi connectivity index (χ4v) is 1.99. The Bertz CT molecular complexity index is 794. The van der Waals surface area contributed by atoms with Crippen LogP contribution < -0.4 is 20.2 Å². The Hall–Kier alpha value is -2.64. The highest BCUT2D eigenvalue weighted by Crippen LogP contribution is 2.28. The van der Waals surface area contributed by atoms with Gasteiger partial charge in [-0.3, -0.25) is 5.43 Å². The average Bonchev–Trinajstić information content (AvgIpc) is 2.63. The van der Waals surface area contributed by atoms with Crippen LogP contribution in [-0.2, 0) is 0 Å². The SMILES string of the molecule is CNC(=S)N/N=C\c1ccc(OC(=O)c2ccc(Cl)cc2)c(OC)c1. The van der Waals surface area contributed by atoms with Crippen molar-refractivity contribution in [2.75, 3.05) is 14.2 Å². The molecule has 130 valence electrons. The minimum Gasteiger partial charge on any atom is -0.493 e. The summed E-state index contributed by atoms with van der Waals surface area (Å²) in [6.07, 6.45) is 1.57. The molecule has 0 amide bonds. The number of nitrogens with one attached hydrogen (secondary N) is 2. The number of rotatable bonds is 5. The summed E-state index contributed by atoms with van der Waals surface area (Å²) in [5, 5.41) is 7.66. The number of hydrogen-bond acceptors (Lipinski definition) is 5. The van der Waals surface area contributed by atoms with E-state index in [2.05, 4.69) is 15.8 Å². The van der Waals surface area contributed by atoms with Crippen LogP contribution in [0.3, 0.4) is 0 Å². The van der Waals surface area contributed by atoms with Crippen LogP contribution in [0.2, 0.25) is 5.02 Å². The standard InChI is InChI=1S/C17H16ClN3O3S/c1-19-17(25)21-20-10-11-3-8-14(15(9-11)23-2)24-16(22)12-4-6-13(18)7-5-12/h3-10H,1-2H3,(H2,19,21,25)/b20-10-. The summed E-state index contributed by atoms with van der Waals surface area (Å²) in [4.78, 5) is 12.2. The van der Waals surface area contributed by atoms with Crippen molar-refractivity contribution < 1.29 is 14.3 Å². The summed E-state index contributed by atoms with van der Waals surface area (Å²) in [5.74, 6) is 0.207. The molecular weight excluding hydrogens is 362 g/mol. The van der Waals surface area contributed by atoms with E-state index in [9.17, 15) is 4.79 Å². The molecule has 0 bridgehead atoms. The van der Waals surface area contributed by atoms with Gasteiger partial charge < -0.3 is 14.8 Å². The van der Waals surface area contributed by atoms with Gasteiger partial charge in [-0.25, -0.2) is 4.79 Å². The second kappa shape index (κ2) is 9.00. The van der Waals surface area contributed by atoms with E-state index in [-0.39, 0.29) is 0 Å². The fraction of sp³-hybridized carbons (Fsp3) is 0.118. The molecule has 8 heteroatoms. The minimum absolute atomic E-state index is 0.304. The molecule has 2 aromatic rings. The highest BCUT2D eigenvalue weighted by Gasteiger charge is 2.12. The van der Waals surface area contributed by atoms with E-state index in [0.29, 0.717) is 27.2 Å². The maximum atomic E-state index is 12.2. The number of nitrogens with zero attached hydrogens (tertiary/aromatic N) is 1. The Labute approximate surface area is 155 Å². The lowest BCUT2D eigenvalue weighted by atomic mass is 10.2. The van der Waals surface area contributed by atoms with E-state index >= 15 is 0 Å². The Balaban J connectivity index is 2.12. The van der Waals surface area contributed by atoms with Crippen LogP contribution in [0.15, 0.2) is 47.6 Å². The summed E-state index contributed by atoms with van der Waals surface area (Å²) in [7, 11) is 3.18. The lowest BCUT2D eigenvalue weighted by Crippen LogP contribution is -2.28. The number of halogens is 1. The van der Waals surface area contributed by atoms with E-state index in [1.54, 1.807) is 55.7 Å². The van der Waals surface area contributed by atoms with E-state index < -0.39 is 5.97 Å². The van der Waals surface area contributed by atoms with Gasteiger partial charge in [-0.15, -0.1) is 0 Å². The molecule has 0 aliphatic carbocycles. The second-order valence-corrected chi connectivity index (χ2v) is 5.60. The highest BCUT2D eigenvalue weighted by molar-refractivity contribution is 7.80. The summed E-state index contributed by atoms with van der Waals surface area (Å²) in [6, 6.07) is 11.5. The maximum absolute atomic E-state index is 12.2. The van der Waals surface area contributed by atoms with Gasteiger partial charge in [0.05, 0.1) is 18.9 Å². The first-order valence-corrected chi connectivity index (χ1v) is 7.98. The Morgan fingerprint density at radius 3 is 2.56 bits per heavy atom. The van der Waals surface area contributed by atoms with Crippen LogP contribution in [0.4, 0.5) is 0 Å². The summed E-state index contributed by atoms with van der Waals surface area (Å²) >= 11 is 10.7. The Kier molecular flexibility index (Phi) is 6.73. The van der Waals surface area contributed by atoms with Gasteiger partial charge in [0, 0.05) is 12.1 Å². The van der Waals surface area contributed by atoms with E-state index in [0.717, 1.165) is 5.56 Å². The van der Waals surface area contributed by atoms with E-state index in [4.69, 9.17) is 33.3 Å². The predicted octanol–water partition coefficient (Wildman–Crippen LogP) is 3.00. The van der Waals surface area contributed by atoms with Crippen molar-refractivity contribution in [1.29, 1.82) is 0 Å². The van der Waals surface area contributed by atoms with Gasteiger partial charge in [-0.2, -0.15) is 5.10 Å². The van der Waals surface area contributed by atoms with Crippen molar-refractivity contribution in [3.63, 3.8) is 0 Å². The topological polar surface area (TPSA) is 72.0 Å². The molecule has 0 unspecified atom stereocenters. The molecule has 0 heterocycles. The van der Waals surface area contributed by atoms with Crippen molar-refractivity contribution in [2.24, 2.45) is 5.10 Å². The number of benzene rings is 2. The minimum atomic E-state index is -0.502. The van der Waals surface area contributed by atoms with Gasteiger partial charge in [0.25, 0.3) is 0 Å². The smallest absolute Gasteiger partial charge is 0.343 e. The summed E-state index contributed by atoms with van der Waals surface area (Å²) in [6.45, 7) is 0. The molecule has 2 aromatic carbocycles. The molecule has 0 saturated heterocycles. The van der Waals surface area contributed by atoms with Crippen LogP contribution in [0.5, 0.6) is 11.5 Å². The molecule has 25 heavy (non-hydrogen) atoms. The van der Waals surface area contributed by atoms with Gasteiger partial charge >= 0.3 is 5.97 Å².